The Morgan fingerprint density at radius 2 is 1.20 bits per heavy atom. The third-order valence-electron chi connectivity index (χ3n) is 6.81. The minimum absolute atomic E-state index is 0. The van der Waals surface area contributed by atoms with Gasteiger partial charge in [-0.15, -0.1) is 22.7 Å². The number of halogens is 1. The highest BCUT2D eigenvalue weighted by molar-refractivity contribution is 7.10. The lowest BCUT2D eigenvalue weighted by molar-refractivity contribution is 0.171. The molecule has 0 saturated heterocycles. The van der Waals surface area contributed by atoms with Gasteiger partial charge >= 0.3 is 0 Å². The monoisotopic (exact) mass is 630 g/mol. The molecule has 2 heterocycles. The second-order valence-corrected chi connectivity index (χ2v) is 11.8. The summed E-state index contributed by atoms with van der Waals surface area (Å²) in [4.78, 5) is 2.33. The molecule has 44 heavy (non-hydrogen) atoms. The molecular formula is C37H43FN2O2S2. The van der Waals surface area contributed by atoms with Crippen molar-refractivity contribution in [2.24, 2.45) is 0 Å². The highest BCUT2D eigenvalue weighted by atomic mass is 32.1. The summed E-state index contributed by atoms with van der Waals surface area (Å²) in [5.41, 5.74) is 0. The van der Waals surface area contributed by atoms with Crippen LogP contribution < -0.4 is 15.4 Å². The second kappa shape index (κ2) is 18.9. The standard InChI is InChI=1S/C18H19NOS.C10H7F.C8H13NOS.CH4/c1-19-12-11-17(18-10-5-13-21-18)20-16-9-4-7-14-6-2-3-8-15(14)16;11-10-7-3-5-8-4-1-2-6-9(8)10;1-9-5-4-7(10)8-3-2-6-11-8;/h2-10,13,17,19H,11-12H2,1H3;1-7H;2-3,6-7,9-10H,4-5H2,1H3;1H4/t17-;;7-;/m0.0./s1. The predicted octanol–water partition coefficient (Wildman–Crippen LogP) is 9.64. The number of aliphatic hydroxyl groups is 1. The van der Waals surface area contributed by atoms with Gasteiger partial charge in [-0.3, -0.25) is 0 Å². The zero-order valence-electron chi connectivity index (χ0n) is 24.6. The summed E-state index contributed by atoms with van der Waals surface area (Å²) in [6, 6.07) is 35.3. The van der Waals surface area contributed by atoms with Gasteiger partial charge in [-0.2, -0.15) is 0 Å². The highest BCUT2D eigenvalue weighted by Gasteiger charge is 2.15. The van der Waals surface area contributed by atoms with Crippen molar-refractivity contribution in [1.82, 2.24) is 10.6 Å². The van der Waals surface area contributed by atoms with Gasteiger partial charge in [0.15, 0.2) is 0 Å². The molecule has 2 aromatic heterocycles. The van der Waals surface area contributed by atoms with Crippen molar-refractivity contribution < 1.29 is 14.2 Å². The molecule has 0 unspecified atom stereocenters. The Bertz CT molecular complexity index is 1610. The van der Waals surface area contributed by atoms with Crippen LogP contribution in [0.1, 0.15) is 42.2 Å². The summed E-state index contributed by atoms with van der Waals surface area (Å²) in [5.74, 6) is 0.811. The summed E-state index contributed by atoms with van der Waals surface area (Å²) in [5, 5.41) is 23.8. The summed E-state index contributed by atoms with van der Waals surface area (Å²) < 4.78 is 19.3. The summed E-state index contributed by atoms with van der Waals surface area (Å²) in [7, 11) is 3.87. The van der Waals surface area contributed by atoms with Gasteiger partial charge < -0.3 is 20.5 Å². The van der Waals surface area contributed by atoms with Gasteiger partial charge in [0.1, 0.15) is 17.7 Å². The Balaban J connectivity index is 0.000000195. The number of fused-ring (bicyclic) bond motifs is 2. The van der Waals surface area contributed by atoms with E-state index in [1.54, 1.807) is 34.8 Å². The molecule has 0 aliphatic rings. The van der Waals surface area contributed by atoms with Gasteiger partial charge in [-0.25, -0.2) is 4.39 Å². The van der Waals surface area contributed by atoms with Crippen LogP contribution in [0.15, 0.2) is 120 Å². The molecule has 6 aromatic rings. The molecule has 0 aliphatic carbocycles. The molecule has 4 nitrogen and oxygen atoms in total. The maximum Gasteiger partial charge on any atom is 0.134 e. The van der Waals surface area contributed by atoms with Crippen LogP contribution in [0.4, 0.5) is 4.39 Å². The number of nitrogens with one attached hydrogen (secondary N) is 2. The zero-order valence-corrected chi connectivity index (χ0v) is 26.2. The van der Waals surface area contributed by atoms with Crippen molar-refractivity contribution in [3.05, 3.63) is 136 Å². The van der Waals surface area contributed by atoms with Crippen LogP contribution >= 0.6 is 22.7 Å². The van der Waals surface area contributed by atoms with Crippen molar-refractivity contribution in [2.45, 2.75) is 32.5 Å². The highest BCUT2D eigenvalue weighted by Crippen LogP contribution is 2.32. The molecule has 2 atom stereocenters. The predicted molar refractivity (Wildman–Crippen MR) is 189 cm³/mol. The lowest BCUT2D eigenvalue weighted by Crippen LogP contribution is -2.15. The van der Waals surface area contributed by atoms with Crippen molar-refractivity contribution in [3.63, 3.8) is 0 Å². The molecule has 7 heteroatoms. The van der Waals surface area contributed by atoms with Crippen LogP contribution in [0, 0.1) is 5.82 Å². The molecule has 0 spiro atoms. The van der Waals surface area contributed by atoms with E-state index in [-0.39, 0.29) is 25.5 Å². The van der Waals surface area contributed by atoms with E-state index in [0.717, 1.165) is 41.9 Å². The minimum Gasteiger partial charge on any atom is -0.484 e. The molecule has 4 aromatic carbocycles. The maximum absolute atomic E-state index is 13.0. The van der Waals surface area contributed by atoms with Crippen molar-refractivity contribution >= 4 is 44.2 Å². The normalized spacial score (nSPS) is 11.8. The molecule has 0 saturated carbocycles. The number of ether oxygens (including phenoxy) is 1. The van der Waals surface area contributed by atoms with E-state index in [1.165, 1.54) is 21.7 Å². The van der Waals surface area contributed by atoms with E-state index in [4.69, 9.17) is 4.74 Å². The summed E-state index contributed by atoms with van der Waals surface area (Å²) in [6.07, 6.45) is 1.56. The number of benzene rings is 4. The van der Waals surface area contributed by atoms with Gasteiger partial charge in [0.25, 0.3) is 0 Å². The van der Waals surface area contributed by atoms with E-state index in [1.807, 2.05) is 55.9 Å². The fourth-order valence-electron chi connectivity index (χ4n) is 4.55. The average molecular weight is 631 g/mol. The molecule has 0 amide bonds. The minimum atomic E-state index is -0.289. The molecule has 0 radical (unpaired) electrons. The Hall–Kier alpha value is -3.59. The maximum atomic E-state index is 13.0. The van der Waals surface area contributed by atoms with E-state index in [0.29, 0.717) is 5.39 Å². The van der Waals surface area contributed by atoms with Crippen LogP contribution in [0.25, 0.3) is 21.5 Å². The average Bonchev–Trinajstić information content (AvgIpc) is 3.79. The smallest absolute Gasteiger partial charge is 0.134 e. The lowest BCUT2D eigenvalue weighted by atomic mass is 10.1. The van der Waals surface area contributed by atoms with Gasteiger partial charge in [0.05, 0.1) is 6.10 Å². The Kier molecular flexibility index (Phi) is 15.0. The molecule has 0 aliphatic heterocycles. The SMILES string of the molecule is C.CNCC[C@H](O)c1cccs1.CNCC[C@H](Oc1cccc2ccccc12)c1cccs1.Fc1cccc2ccccc12. The fourth-order valence-corrected chi connectivity index (χ4v) is 6.09. The Labute approximate surface area is 269 Å². The van der Waals surface area contributed by atoms with Gasteiger partial charge in [0.2, 0.25) is 0 Å². The van der Waals surface area contributed by atoms with Crippen LogP contribution in [0.2, 0.25) is 0 Å². The summed E-state index contributed by atoms with van der Waals surface area (Å²) >= 11 is 3.36. The quantitative estimate of drug-likeness (QED) is 0.141. The number of hydrogen-bond donors (Lipinski definition) is 3. The number of aliphatic hydroxyl groups excluding tert-OH is 1. The molecule has 3 N–H and O–H groups in total. The topological polar surface area (TPSA) is 53.5 Å². The first-order chi connectivity index (χ1) is 21.1. The Morgan fingerprint density at radius 1 is 0.659 bits per heavy atom. The van der Waals surface area contributed by atoms with E-state index < -0.39 is 0 Å². The number of rotatable bonds is 10. The van der Waals surface area contributed by atoms with Gasteiger partial charge in [0, 0.05) is 26.9 Å². The third kappa shape index (κ3) is 10.3. The molecule has 0 bridgehead atoms. The van der Waals surface area contributed by atoms with Crippen molar-refractivity contribution in [3.8, 4) is 5.75 Å². The molecule has 6 rings (SSSR count). The second-order valence-electron chi connectivity index (χ2n) is 9.88. The largest absolute Gasteiger partial charge is 0.484 e. The van der Waals surface area contributed by atoms with Crippen LogP contribution in [0.3, 0.4) is 0 Å². The molecule has 0 fully saturated rings. The summed E-state index contributed by atoms with van der Waals surface area (Å²) in [6.45, 7) is 1.80. The first-order valence-corrected chi connectivity index (χ1v) is 16.2. The van der Waals surface area contributed by atoms with Gasteiger partial charge in [-0.05, 0) is 79.4 Å². The fraction of sp³-hybridized carbons (Fsp3) is 0.243. The zero-order chi connectivity index (χ0) is 30.3. The van der Waals surface area contributed by atoms with Crippen LogP contribution in [-0.2, 0) is 0 Å². The van der Waals surface area contributed by atoms with E-state index in [9.17, 15) is 9.50 Å². The van der Waals surface area contributed by atoms with Gasteiger partial charge in [-0.1, -0.05) is 92.4 Å². The first-order valence-electron chi connectivity index (χ1n) is 14.4. The van der Waals surface area contributed by atoms with E-state index in [2.05, 4.69) is 70.6 Å². The molecular weight excluding hydrogens is 588 g/mol. The van der Waals surface area contributed by atoms with Crippen molar-refractivity contribution in [2.75, 3.05) is 27.2 Å². The third-order valence-corrected chi connectivity index (χ3v) is 8.75. The number of hydrogen-bond acceptors (Lipinski definition) is 6. The molecule has 232 valence electrons. The lowest BCUT2D eigenvalue weighted by Gasteiger charge is -2.19. The number of thiophene rings is 2. The van der Waals surface area contributed by atoms with Crippen LogP contribution in [-0.4, -0.2) is 32.3 Å². The Morgan fingerprint density at radius 3 is 1.82 bits per heavy atom. The van der Waals surface area contributed by atoms with Crippen LogP contribution in [0.5, 0.6) is 5.75 Å². The first kappa shape index (κ1) is 34.9. The van der Waals surface area contributed by atoms with E-state index >= 15 is 0 Å². The van der Waals surface area contributed by atoms with Crippen molar-refractivity contribution in [1.29, 1.82) is 0 Å².